The van der Waals surface area contributed by atoms with Crippen LogP contribution in [0.5, 0.6) is 0 Å². The number of halogens is 1. The Morgan fingerprint density at radius 1 is 1.56 bits per heavy atom. The van der Waals surface area contributed by atoms with E-state index >= 15 is 0 Å². The van der Waals surface area contributed by atoms with Crippen LogP contribution in [0.1, 0.15) is 0 Å². The summed E-state index contributed by atoms with van der Waals surface area (Å²) in [7, 11) is 1.82. The number of hydrogen-bond acceptors (Lipinski definition) is 3. The lowest BCUT2D eigenvalue weighted by Crippen LogP contribution is -2.35. The number of aliphatic hydroxyl groups excluding tert-OH is 1. The van der Waals surface area contributed by atoms with E-state index in [1.807, 2.05) is 7.05 Å². The van der Waals surface area contributed by atoms with Gasteiger partial charge in [0.05, 0.1) is 25.4 Å². The van der Waals surface area contributed by atoms with E-state index in [-0.39, 0.29) is 24.6 Å². The van der Waals surface area contributed by atoms with E-state index in [1.165, 1.54) is 0 Å². The zero-order valence-electron chi connectivity index (χ0n) is 5.33. The third kappa shape index (κ3) is 2.10. The first-order valence-electron chi connectivity index (χ1n) is 2.77. The lowest BCUT2D eigenvalue weighted by atomic mass is 10.2. The second-order valence-corrected chi connectivity index (χ2v) is 2.00. The molecular formula is C5H12ClNO2. The van der Waals surface area contributed by atoms with Gasteiger partial charge in [-0.1, -0.05) is 0 Å². The molecule has 56 valence electrons. The molecule has 0 aromatic rings. The van der Waals surface area contributed by atoms with E-state index in [9.17, 15) is 0 Å². The van der Waals surface area contributed by atoms with Crippen molar-refractivity contribution in [2.24, 2.45) is 0 Å². The molecule has 3 nitrogen and oxygen atoms in total. The maximum Gasteiger partial charge on any atom is 0.0948 e. The van der Waals surface area contributed by atoms with E-state index in [0.717, 1.165) is 0 Å². The van der Waals surface area contributed by atoms with E-state index in [1.54, 1.807) is 0 Å². The van der Waals surface area contributed by atoms with Crippen LogP contribution in [0, 0.1) is 0 Å². The lowest BCUT2D eigenvalue weighted by molar-refractivity contribution is 0.123. The minimum Gasteiger partial charge on any atom is -0.389 e. The number of ether oxygens (including phenoxy) is 1. The van der Waals surface area contributed by atoms with E-state index in [0.29, 0.717) is 13.2 Å². The Balaban J connectivity index is 0.000000640. The Morgan fingerprint density at radius 2 is 2.22 bits per heavy atom. The van der Waals surface area contributed by atoms with E-state index in [2.05, 4.69) is 5.32 Å². The molecule has 1 fully saturated rings. The monoisotopic (exact) mass is 153 g/mol. The minimum absolute atomic E-state index is 0. The van der Waals surface area contributed by atoms with Crippen LogP contribution in [0.25, 0.3) is 0 Å². The predicted octanol–water partition coefficient (Wildman–Crippen LogP) is -0.613. The molecule has 2 N–H and O–H groups in total. The molecule has 4 heteroatoms. The number of aliphatic hydroxyl groups is 1. The first-order valence-corrected chi connectivity index (χ1v) is 2.77. The molecule has 0 saturated carbocycles. The Bertz CT molecular complexity index is 81.4. The topological polar surface area (TPSA) is 41.5 Å². The highest BCUT2D eigenvalue weighted by Crippen LogP contribution is 2.02. The summed E-state index contributed by atoms with van der Waals surface area (Å²) >= 11 is 0. The maximum atomic E-state index is 9.00. The fourth-order valence-electron chi connectivity index (χ4n) is 0.819. The zero-order valence-corrected chi connectivity index (χ0v) is 6.15. The quantitative estimate of drug-likeness (QED) is 0.528. The second kappa shape index (κ2) is 4.06. The highest BCUT2D eigenvalue weighted by Gasteiger charge is 2.23. The molecule has 0 unspecified atom stereocenters. The zero-order chi connectivity index (χ0) is 5.98. The fraction of sp³-hybridized carbons (Fsp3) is 1.00. The summed E-state index contributed by atoms with van der Waals surface area (Å²) in [4.78, 5) is 0. The summed E-state index contributed by atoms with van der Waals surface area (Å²) in [6.45, 7) is 1.11. The van der Waals surface area contributed by atoms with Gasteiger partial charge in [-0.15, -0.1) is 12.4 Å². The molecule has 0 amide bonds. The van der Waals surface area contributed by atoms with Crippen LogP contribution in [0.15, 0.2) is 0 Å². The van der Waals surface area contributed by atoms with Crippen molar-refractivity contribution in [3.63, 3.8) is 0 Å². The molecule has 1 aliphatic heterocycles. The van der Waals surface area contributed by atoms with Gasteiger partial charge >= 0.3 is 0 Å². The van der Waals surface area contributed by atoms with Crippen LogP contribution in [-0.4, -0.2) is 37.5 Å². The predicted molar refractivity (Wildman–Crippen MR) is 36.9 cm³/mol. The van der Waals surface area contributed by atoms with Crippen molar-refractivity contribution in [2.75, 3.05) is 20.3 Å². The van der Waals surface area contributed by atoms with Crippen molar-refractivity contribution in [3.8, 4) is 0 Å². The van der Waals surface area contributed by atoms with Crippen molar-refractivity contribution in [1.29, 1.82) is 0 Å². The molecule has 0 aromatic carbocycles. The van der Waals surface area contributed by atoms with Crippen LogP contribution in [0.2, 0.25) is 0 Å². The van der Waals surface area contributed by atoms with Crippen molar-refractivity contribution in [2.45, 2.75) is 12.1 Å². The third-order valence-electron chi connectivity index (χ3n) is 1.42. The molecule has 0 radical (unpaired) electrons. The summed E-state index contributed by atoms with van der Waals surface area (Å²) in [6, 6.07) is 0.148. The third-order valence-corrected chi connectivity index (χ3v) is 1.42. The van der Waals surface area contributed by atoms with Gasteiger partial charge in [-0.25, -0.2) is 0 Å². The van der Waals surface area contributed by atoms with Crippen LogP contribution in [0.3, 0.4) is 0 Å². The SMILES string of the molecule is CN[C@@H]1COC[C@H]1O.Cl. The van der Waals surface area contributed by atoms with Gasteiger partial charge in [-0.2, -0.15) is 0 Å². The Hall–Kier alpha value is 0.170. The van der Waals surface area contributed by atoms with E-state index < -0.39 is 0 Å². The largest absolute Gasteiger partial charge is 0.389 e. The standard InChI is InChI=1S/C5H11NO2.ClH/c1-6-4-2-8-3-5(4)7;/h4-7H,2-3H2,1H3;1H/t4-,5-;/m1./s1. The lowest BCUT2D eigenvalue weighted by Gasteiger charge is -2.08. The molecule has 1 saturated heterocycles. The van der Waals surface area contributed by atoms with Gasteiger partial charge in [-0.05, 0) is 7.05 Å². The van der Waals surface area contributed by atoms with Gasteiger partial charge in [-0.3, -0.25) is 0 Å². The number of likely N-dealkylation sites (N-methyl/N-ethyl adjacent to an activating group) is 1. The van der Waals surface area contributed by atoms with Gasteiger partial charge in [0, 0.05) is 0 Å². The number of nitrogens with one attached hydrogen (secondary N) is 1. The van der Waals surface area contributed by atoms with Crippen molar-refractivity contribution in [3.05, 3.63) is 0 Å². The van der Waals surface area contributed by atoms with Crippen LogP contribution >= 0.6 is 12.4 Å². The highest BCUT2D eigenvalue weighted by atomic mass is 35.5. The highest BCUT2D eigenvalue weighted by molar-refractivity contribution is 5.85. The van der Waals surface area contributed by atoms with Gasteiger partial charge in [0.25, 0.3) is 0 Å². The normalized spacial score (nSPS) is 34.0. The first-order chi connectivity index (χ1) is 3.84. The van der Waals surface area contributed by atoms with E-state index in [4.69, 9.17) is 9.84 Å². The maximum absolute atomic E-state index is 9.00. The number of hydrogen-bond donors (Lipinski definition) is 2. The summed E-state index contributed by atoms with van der Waals surface area (Å²) < 4.78 is 4.95. The smallest absolute Gasteiger partial charge is 0.0948 e. The molecule has 0 aliphatic carbocycles. The average molecular weight is 154 g/mol. The average Bonchev–Trinajstić information content (AvgIpc) is 2.14. The fourth-order valence-corrected chi connectivity index (χ4v) is 0.819. The van der Waals surface area contributed by atoms with Crippen molar-refractivity contribution < 1.29 is 9.84 Å². The molecular weight excluding hydrogens is 142 g/mol. The van der Waals surface area contributed by atoms with Gasteiger partial charge in [0.15, 0.2) is 0 Å². The molecule has 9 heavy (non-hydrogen) atoms. The molecule has 0 aromatic heterocycles. The van der Waals surface area contributed by atoms with Crippen molar-refractivity contribution >= 4 is 12.4 Å². The summed E-state index contributed by atoms with van der Waals surface area (Å²) in [5, 5.41) is 11.9. The van der Waals surface area contributed by atoms with Crippen LogP contribution in [0.4, 0.5) is 0 Å². The van der Waals surface area contributed by atoms with Crippen LogP contribution < -0.4 is 5.32 Å². The molecule has 2 atom stereocenters. The number of rotatable bonds is 1. The molecule has 1 heterocycles. The summed E-state index contributed by atoms with van der Waals surface area (Å²) in [5.41, 5.74) is 0. The van der Waals surface area contributed by atoms with Gasteiger partial charge in [0.2, 0.25) is 0 Å². The first kappa shape index (κ1) is 9.17. The van der Waals surface area contributed by atoms with Crippen LogP contribution in [-0.2, 0) is 4.74 Å². The summed E-state index contributed by atoms with van der Waals surface area (Å²) in [6.07, 6.45) is -0.306. The van der Waals surface area contributed by atoms with Crippen molar-refractivity contribution in [1.82, 2.24) is 5.32 Å². The van der Waals surface area contributed by atoms with Gasteiger partial charge in [0.1, 0.15) is 0 Å². The Labute approximate surface area is 60.8 Å². The Morgan fingerprint density at radius 3 is 2.44 bits per heavy atom. The minimum atomic E-state index is -0.306. The molecule has 0 spiro atoms. The molecule has 1 rings (SSSR count). The second-order valence-electron chi connectivity index (χ2n) is 2.00. The van der Waals surface area contributed by atoms with Gasteiger partial charge < -0.3 is 15.2 Å². The molecule has 0 bridgehead atoms. The molecule has 1 aliphatic rings. The summed E-state index contributed by atoms with van der Waals surface area (Å²) in [5.74, 6) is 0. The Kier molecular flexibility index (Phi) is 4.14.